The molecule has 0 amide bonds. The summed E-state index contributed by atoms with van der Waals surface area (Å²) in [7, 11) is 0. The van der Waals surface area contributed by atoms with Crippen molar-refractivity contribution in [2.75, 3.05) is 18.0 Å². The molecule has 0 saturated carbocycles. The molecule has 0 spiro atoms. The number of hydrogen-bond donors (Lipinski definition) is 0. The highest BCUT2D eigenvalue weighted by atomic mass is 79.9. The molecule has 0 bridgehead atoms. The van der Waals surface area contributed by atoms with E-state index in [1.54, 1.807) is 12.1 Å². The molecule has 1 aromatic carbocycles. The molecular formula is C20H15BrF4N4OS. The molecule has 2 aromatic heterocycles. The van der Waals surface area contributed by atoms with Gasteiger partial charge in [-0.25, -0.2) is 14.2 Å². The van der Waals surface area contributed by atoms with Crippen molar-refractivity contribution in [2.45, 2.75) is 19.1 Å². The number of benzene rings is 1. The zero-order valence-corrected chi connectivity index (χ0v) is 18.3. The number of rotatable bonds is 4. The van der Waals surface area contributed by atoms with Gasteiger partial charge in [0.2, 0.25) is 5.95 Å². The van der Waals surface area contributed by atoms with Crippen molar-refractivity contribution >= 4 is 38.8 Å². The molecule has 5 nitrogen and oxygen atoms in total. The predicted octanol–water partition coefficient (Wildman–Crippen LogP) is 4.96. The number of anilines is 1. The fraction of sp³-hybridized carbons (Fsp3) is 0.250. The van der Waals surface area contributed by atoms with E-state index in [0.717, 1.165) is 11.1 Å². The number of aromatic nitrogens is 3. The molecule has 11 heteroatoms. The number of thiophene rings is 1. The second-order valence-corrected chi connectivity index (χ2v) is 8.88. The molecule has 0 N–H and O–H groups in total. The van der Waals surface area contributed by atoms with Crippen molar-refractivity contribution in [2.24, 2.45) is 0 Å². The lowest BCUT2D eigenvalue weighted by Crippen LogP contribution is -2.33. The monoisotopic (exact) mass is 514 g/mol. The van der Waals surface area contributed by atoms with Gasteiger partial charge in [0, 0.05) is 22.4 Å². The van der Waals surface area contributed by atoms with Gasteiger partial charge in [0.1, 0.15) is 17.0 Å². The summed E-state index contributed by atoms with van der Waals surface area (Å²) < 4.78 is 53.1. The Bertz CT molecular complexity index is 1190. The van der Waals surface area contributed by atoms with Crippen LogP contribution in [0.4, 0.5) is 23.5 Å². The first-order valence-electron chi connectivity index (χ1n) is 9.19. The molecule has 0 fully saturated rings. The van der Waals surface area contributed by atoms with Gasteiger partial charge in [-0.15, -0.1) is 11.3 Å². The molecule has 1 aliphatic heterocycles. The number of alkyl halides is 3. The van der Waals surface area contributed by atoms with Crippen molar-refractivity contribution < 1.29 is 17.6 Å². The van der Waals surface area contributed by atoms with Gasteiger partial charge in [-0.2, -0.15) is 18.2 Å². The Morgan fingerprint density at radius 3 is 2.52 bits per heavy atom. The topological polar surface area (TPSA) is 51.0 Å². The summed E-state index contributed by atoms with van der Waals surface area (Å²) in [6.45, 7) is 1.02. The average Bonchev–Trinajstić information content (AvgIpc) is 3.11. The van der Waals surface area contributed by atoms with E-state index in [4.69, 9.17) is 0 Å². The molecule has 3 aromatic rings. The summed E-state index contributed by atoms with van der Waals surface area (Å²) in [6.07, 6.45) is -0.499. The number of nitrogens with zero attached hydrogens (tertiary/aromatic N) is 4. The van der Waals surface area contributed by atoms with Gasteiger partial charge in [-0.1, -0.05) is 18.2 Å². The van der Waals surface area contributed by atoms with E-state index in [-0.39, 0.29) is 22.8 Å². The highest BCUT2D eigenvalue weighted by Crippen LogP contribution is 2.40. The Labute approximate surface area is 186 Å². The lowest BCUT2D eigenvalue weighted by molar-refractivity contribution is -0.134. The van der Waals surface area contributed by atoms with E-state index in [0.29, 0.717) is 35.7 Å². The Morgan fingerprint density at radius 1 is 1.19 bits per heavy atom. The minimum atomic E-state index is -4.46. The maximum Gasteiger partial charge on any atom is 0.426 e. The van der Waals surface area contributed by atoms with Crippen molar-refractivity contribution in [1.82, 2.24) is 14.5 Å². The average molecular weight is 515 g/mol. The third-order valence-corrected chi connectivity index (χ3v) is 6.83. The van der Waals surface area contributed by atoms with Crippen LogP contribution < -0.4 is 10.6 Å². The van der Waals surface area contributed by atoms with Crippen molar-refractivity contribution in [3.63, 3.8) is 0 Å². The second kappa shape index (κ2) is 8.54. The Balaban J connectivity index is 1.47. The highest BCUT2D eigenvalue weighted by Gasteiger charge is 2.35. The highest BCUT2D eigenvalue weighted by molar-refractivity contribution is 9.10. The molecule has 0 saturated heterocycles. The maximum absolute atomic E-state index is 13.1. The van der Waals surface area contributed by atoms with Gasteiger partial charge in [0.25, 0.3) is 0 Å². The van der Waals surface area contributed by atoms with Gasteiger partial charge >= 0.3 is 11.9 Å². The second-order valence-electron chi connectivity index (χ2n) is 6.89. The summed E-state index contributed by atoms with van der Waals surface area (Å²) in [6, 6.07) is 7.62. The van der Waals surface area contributed by atoms with E-state index in [2.05, 4.69) is 25.9 Å². The fourth-order valence-electron chi connectivity index (χ4n) is 3.24. The zero-order valence-electron chi connectivity index (χ0n) is 15.9. The number of hydrogen-bond acceptors (Lipinski definition) is 5. The zero-order chi connectivity index (χ0) is 22.2. The van der Waals surface area contributed by atoms with E-state index in [9.17, 15) is 22.4 Å². The molecular weight excluding hydrogens is 500 g/mol. The van der Waals surface area contributed by atoms with E-state index in [1.165, 1.54) is 29.1 Å². The smallest absolute Gasteiger partial charge is 0.337 e. The Hall–Kier alpha value is -2.53. The van der Waals surface area contributed by atoms with Crippen LogP contribution in [-0.4, -0.2) is 27.6 Å². The predicted molar refractivity (Wildman–Crippen MR) is 114 cm³/mol. The first-order chi connectivity index (χ1) is 14.7. The molecule has 4 rings (SSSR count). The van der Waals surface area contributed by atoms with Crippen LogP contribution in [0.15, 0.2) is 52.0 Å². The van der Waals surface area contributed by atoms with Crippen LogP contribution in [-0.2, 0) is 12.7 Å². The largest absolute Gasteiger partial charge is 0.426 e. The normalized spacial score (nSPS) is 14.6. The molecule has 0 unspecified atom stereocenters. The van der Waals surface area contributed by atoms with Gasteiger partial charge < -0.3 is 4.90 Å². The molecule has 1 aliphatic rings. The third kappa shape index (κ3) is 4.87. The van der Waals surface area contributed by atoms with Gasteiger partial charge in [0.05, 0.1) is 6.54 Å². The first-order valence-corrected chi connectivity index (χ1v) is 10.8. The summed E-state index contributed by atoms with van der Waals surface area (Å²) in [5.41, 5.74) is 1.43. The third-order valence-electron chi connectivity index (χ3n) is 4.78. The minimum Gasteiger partial charge on any atom is -0.337 e. The van der Waals surface area contributed by atoms with Crippen LogP contribution in [0.3, 0.4) is 0 Å². The summed E-state index contributed by atoms with van der Waals surface area (Å²) >= 11 is 3.49. The lowest BCUT2D eigenvalue weighted by atomic mass is 10.00. The van der Waals surface area contributed by atoms with Crippen LogP contribution in [0.2, 0.25) is 0 Å². The molecule has 31 heavy (non-hydrogen) atoms. The number of halogens is 5. The van der Waals surface area contributed by atoms with Crippen molar-refractivity contribution in [3.8, 4) is 0 Å². The molecule has 3 heterocycles. The van der Waals surface area contributed by atoms with Gasteiger partial charge in [-0.05, 0) is 51.7 Å². The van der Waals surface area contributed by atoms with Crippen LogP contribution >= 0.6 is 27.3 Å². The van der Waals surface area contributed by atoms with E-state index >= 15 is 0 Å². The molecule has 0 atom stereocenters. The molecule has 0 aliphatic carbocycles. The van der Waals surface area contributed by atoms with Crippen LogP contribution in [0, 0.1) is 5.82 Å². The van der Waals surface area contributed by atoms with Crippen LogP contribution in [0.5, 0.6) is 0 Å². The van der Waals surface area contributed by atoms with E-state index < -0.39 is 16.7 Å². The quantitative estimate of drug-likeness (QED) is 0.461. The summed E-state index contributed by atoms with van der Waals surface area (Å²) in [5.74, 6) is -0.0284. The van der Waals surface area contributed by atoms with E-state index in [1.807, 2.05) is 11.0 Å². The fourth-order valence-corrected chi connectivity index (χ4v) is 5.05. The van der Waals surface area contributed by atoms with Gasteiger partial charge in [0.15, 0.2) is 0 Å². The molecule has 162 valence electrons. The Morgan fingerprint density at radius 2 is 1.94 bits per heavy atom. The maximum atomic E-state index is 13.1. The van der Waals surface area contributed by atoms with Crippen LogP contribution in [0.25, 0.3) is 5.57 Å². The summed E-state index contributed by atoms with van der Waals surface area (Å²) in [4.78, 5) is 22.1. The summed E-state index contributed by atoms with van der Waals surface area (Å²) in [5, 5.41) is 0. The van der Waals surface area contributed by atoms with Gasteiger partial charge in [-0.3, -0.25) is 4.57 Å². The standard InChI is InChI=1S/C20H15BrF4N4OS/c21-16-9-15(31-17(16)20(23,24)25)10-29-11-26-18(27-19(29)30)28-7-5-13(6-8-28)12-1-3-14(22)4-2-12/h1-5,9,11H,6-8,10H2. The van der Waals surface area contributed by atoms with Crippen molar-refractivity contribution in [3.05, 3.63) is 78.8 Å². The SMILES string of the molecule is O=c1nc(N2CC=C(c3ccc(F)cc3)CC2)ncn1Cc1cc(Br)c(C(F)(F)F)s1. The minimum absolute atomic E-state index is 0.0485. The molecule has 0 radical (unpaired) electrons. The van der Waals surface area contributed by atoms with Crippen molar-refractivity contribution in [1.29, 1.82) is 0 Å². The first kappa shape index (κ1) is 21.7. The lowest BCUT2D eigenvalue weighted by Gasteiger charge is -2.26. The van der Waals surface area contributed by atoms with Crippen LogP contribution in [0.1, 0.15) is 21.7 Å². The Kier molecular flexibility index (Phi) is 5.98.